The first-order valence-corrected chi connectivity index (χ1v) is 21.4. The van der Waals surface area contributed by atoms with Crippen molar-refractivity contribution in [2.45, 2.75) is 19.3 Å². The highest BCUT2D eigenvalue weighted by molar-refractivity contribution is 6.30. The molecule has 0 radical (unpaired) electrons. The molecule has 1 aliphatic carbocycles. The van der Waals surface area contributed by atoms with Gasteiger partial charge < -0.3 is 14.2 Å². The van der Waals surface area contributed by atoms with Crippen molar-refractivity contribution >= 4 is 77.6 Å². The highest BCUT2D eigenvalue weighted by atomic mass is 16.3. The first-order valence-electron chi connectivity index (χ1n) is 21.4. The molecule has 0 bridgehead atoms. The first kappa shape index (κ1) is 36.0. The van der Waals surface area contributed by atoms with E-state index >= 15 is 0 Å². The zero-order valence-corrected chi connectivity index (χ0v) is 34.6. The molecule has 0 aliphatic heterocycles. The van der Waals surface area contributed by atoms with E-state index in [0.717, 1.165) is 72.4 Å². The summed E-state index contributed by atoms with van der Waals surface area (Å²) in [6.07, 6.45) is 0. The number of fused-ring (bicyclic) bond motifs is 11. The van der Waals surface area contributed by atoms with Gasteiger partial charge in [-0.05, 0) is 117 Å². The normalized spacial score (nSPS) is 12.8. The molecule has 0 fully saturated rings. The van der Waals surface area contributed by atoms with Crippen LogP contribution in [0, 0.1) is 0 Å². The van der Waals surface area contributed by atoms with Crippen LogP contribution in [0.3, 0.4) is 0 Å². The van der Waals surface area contributed by atoms with Gasteiger partial charge >= 0.3 is 0 Å². The maximum Gasteiger partial charge on any atom is 0.143 e. The lowest BCUT2D eigenvalue weighted by Gasteiger charge is -2.28. The van der Waals surface area contributed by atoms with Gasteiger partial charge in [0.1, 0.15) is 11.2 Å². The summed E-state index contributed by atoms with van der Waals surface area (Å²) in [6, 6.07) is 78.8. The van der Waals surface area contributed by atoms with Crippen molar-refractivity contribution in [3.8, 4) is 22.3 Å². The molecule has 0 saturated heterocycles. The minimum atomic E-state index is -0.111. The Balaban J connectivity index is 1.04. The van der Waals surface area contributed by atoms with Crippen molar-refractivity contribution in [3.05, 3.63) is 230 Å². The molecule has 11 aromatic rings. The van der Waals surface area contributed by atoms with Gasteiger partial charge in [0.25, 0.3) is 0 Å². The number of furan rings is 1. The molecule has 1 heterocycles. The highest BCUT2D eigenvalue weighted by Gasteiger charge is 2.36. The molecule has 0 saturated carbocycles. The summed E-state index contributed by atoms with van der Waals surface area (Å²) < 4.78 is 7.08. The molecule has 62 heavy (non-hydrogen) atoms. The van der Waals surface area contributed by atoms with Gasteiger partial charge in [0.15, 0.2) is 0 Å². The van der Waals surface area contributed by atoms with Gasteiger partial charge in [-0.15, -0.1) is 0 Å². The maximum absolute atomic E-state index is 7.08. The molecule has 0 N–H and O–H groups in total. The van der Waals surface area contributed by atoms with Crippen LogP contribution in [0.4, 0.5) is 34.1 Å². The van der Waals surface area contributed by atoms with Crippen molar-refractivity contribution in [3.63, 3.8) is 0 Å². The zero-order valence-electron chi connectivity index (χ0n) is 34.6. The lowest BCUT2D eigenvalue weighted by atomic mass is 9.82. The second-order valence-corrected chi connectivity index (χ2v) is 16.9. The third-order valence-corrected chi connectivity index (χ3v) is 13.0. The van der Waals surface area contributed by atoms with Crippen LogP contribution in [0.15, 0.2) is 223 Å². The topological polar surface area (TPSA) is 19.6 Å². The number of para-hydroxylation sites is 3. The Morgan fingerprint density at radius 2 is 0.903 bits per heavy atom. The number of hydrogen-bond acceptors (Lipinski definition) is 3. The monoisotopic (exact) mass is 794 g/mol. The summed E-state index contributed by atoms with van der Waals surface area (Å²) in [5.74, 6) is 0. The van der Waals surface area contributed by atoms with Crippen molar-refractivity contribution in [2.75, 3.05) is 9.80 Å². The van der Waals surface area contributed by atoms with Gasteiger partial charge in [0, 0.05) is 61.6 Å². The molecule has 0 spiro atoms. The average Bonchev–Trinajstić information content (AvgIpc) is 3.82. The summed E-state index contributed by atoms with van der Waals surface area (Å²) in [6.45, 7) is 4.70. The molecule has 10 aromatic carbocycles. The molecule has 294 valence electrons. The van der Waals surface area contributed by atoms with Gasteiger partial charge in [-0.2, -0.15) is 0 Å². The smallest absolute Gasteiger partial charge is 0.143 e. The van der Waals surface area contributed by atoms with Crippen LogP contribution >= 0.6 is 0 Å². The van der Waals surface area contributed by atoms with Crippen LogP contribution in [0.5, 0.6) is 0 Å². The predicted molar refractivity (Wildman–Crippen MR) is 261 cm³/mol. The van der Waals surface area contributed by atoms with E-state index in [1.165, 1.54) is 38.6 Å². The molecule has 12 rings (SSSR count). The molecule has 1 aromatic heterocycles. The Morgan fingerprint density at radius 1 is 0.355 bits per heavy atom. The third kappa shape index (κ3) is 5.59. The standard InChI is InChI=1S/C59H42N2O/c1-59(2)53-28-16-14-26-47(53)48-33-30-43(37-54(48)59)60(40-20-8-4-9-21-40)42-31-34-50-52(36-42)46-25-12-13-27-49(46)57-51-35-32-44(38-56(51)62-58(50)57)61(41-22-10-5-11-23-41)55-29-17-15-24-45(55)39-18-6-3-7-19-39/h3-38H,1-2H3. The van der Waals surface area contributed by atoms with E-state index in [9.17, 15) is 0 Å². The van der Waals surface area contributed by atoms with E-state index in [0.29, 0.717) is 0 Å². The van der Waals surface area contributed by atoms with Crippen LogP contribution in [0.25, 0.3) is 65.7 Å². The molecular formula is C59H42N2O. The Bertz CT molecular complexity index is 3500. The summed E-state index contributed by atoms with van der Waals surface area (Å²) in [7, 11) is 0. The van der Waals surface area contributed by atoms with Gasteiger partial charge in [-0.25, -0.2) is 0 Å². The van der Waals surface area contributed by atoms with E-state index in [-0.39, 0.29) is 5.41 Å². The SMILES string of the molecule is CC1(C)c2ccccc2-c2ccc(N(c3ccccc3)c3ccc4c(c3)c3ccccc3c3c5ccc(N(c6ccccc6)c6ccccc6-c6ccccc6)cc5oc43)cc21. The lowest BCUT2D eigenvalue weighted by Crippen LogP contribution is -2.16. The summed E-state index contributed by atoms with van der Waals surface area (Å²) in [4.78, 5) is 4.74. The number of anilines is 6. The van der Waals surface area contributed by atoms with E-state index < -0.39 is 0 Å². The van der Waals surface area contributed by atoms with E-state index in [1.54, 1.807) is 0 Å². The summed E-state index contributed by atoms with van der Waals surface area (Å²) in [5, 5.41) is 6.86. The second kappa shape index (κ2) is 14.1. The lowest BCUT2D eigenvalue weighted by molar-refractivity contribution is 0.660. The first-order chi connectivity index (χ1) is 30.5. The van der Waals surface area contributed by atoms with Gasteiger partial charge in [-0.3, -0.25) is 0 Å². The van der Waals surface area contributed by atoms with Crippen LogP contribution in [-0.2, 0) is 5.41 Å². The Kier molecular flexibility index (Phi) is 8.20. The zero-order chi connectivity index (χ0) is 41.4. The molecule has 3 heteroatoms. The molecule has 3 nitrogen and oxygen atoms in total. The summed E-state index contributed by atoms with van der Waals surface area (Å²) >= 11 is 0. The fourth-order valence-electron chi connectivity index (χ4n) is 10.1. The van der Waals surface area contributed by atoms with Crippen molar-refractivity contribution in [2.24, 2.45) is 0 Å². The largest absolute Gasteiger partial charge is 0.455 e. The van der Waals surface area contributed by atoms with Crippen LogP contribution in [0.2, 0.25) is 0 Å². The van der Waals surface area contributed by atoms with Crippen LogP contribution in [-0.4, -0.2) is 0 Å². The fourth-order valence-corrected chi connectivity index (χ4v) is 10.1. The molecule has 0 atom stereocenters. The second-order valence-electron chi connectivity index (χ2n) is 16.9. The number of nitrogens with zero attached hydrogens (tertiary/aromatic N) is 2. The van der Waals surface area contributed by atoms with Crippen molar-refractivity contribution in [1.82, 2.24) is 0 Å². The van der Waals surface area contributed by atoms with Crippen LogP contribution < -0.4 is 9.80 Å². The molecule has 1 aliphatic rings. The molecular weight excluding hydrogens is 753 g/mol. The predicted octanol–water partition coefficient (Wildman–Crippen LogP) is 16.8. The Labute approximate surface area is 361 Å². The van der Waals surface area contributed by atoms with Crippen molar-refractivity contribution < 1.29 is 4.42 Å². The van der Waals surface area contributed by atoms with E-state index in [2.05, 4.69) is 242 Å². The Morgan fingerprint density at radius 3 is 1.66 bits per heavy atom. The minimum absolute atomic E-state index is 0.111. The fraction of sp³-hybridized carbons (Fsp3) is 0.0508. The quantitative estimate of drug-likeness (QED) is 0.150. The maximum atomic E-state index is 7.08. The van der Waals surface area contributed by atoms with E-state index in [1.807, 2.05) is 0 Å². The van der Waals surface area contributed by atoms with Gasteiger partial charge in [0.05, 0.1) is 5.69 Å². The number of rotatable bonds is 7. The Hall–Kier alpha value is -7.88. The molecule has 0 amide bonds. The summed E-state index contributed by atoms with van der Waals surface area (Å²) in [5.41, 5.74) is 15.9. The third-order valence-electron chi connectivity index (χ3n) is 13.0. The van der Waals surface area contributed by atoms with Gasteiger partial charge in [-0.1, -0.05) is 153 Å². The number of hydrogen-bond donors (Lipinski definition) is 0. The molecule has 0 unspecified atom stereocenters. The average molecular weight is 795 g/mol. The van der Waals surface area contributed by atoms with Crippen LogP contribution in [0.1, 0.15) is 25.0 Å². The van der Waals surface area contributed by atoms with Crippen molar-refractivity contribution in [1.29, 1.82) is 0 Å². The highest BCUT2D eigenvalue weighted by Crippen LogP contribution is 2.51. The van der Waals surface area contributed by atoms with E-state index in [4.69, 9.17) is 4.42 Å². The minimum Gasteiger partial charge on any atom is -0.455 e. The van der Waals surface area contributed by atoms with Gasteiger partial charge in [0.2, 0.25) is 0 Å². The number of benzene rings is 10.